The molecule has 0 aromatic heterocycles. The van der Waals surface area contributed by atoms with Crippen LogP contribution in [0.3, 0.4) is 0 Å². The van der Waals surface area contributed by atoms with Gasteiger partial charge in [-0.3, -0.25) is 9.79 Å². The van der Waals surface area contributed by atoms with Crippen molar-refractivity contribution in [2.45, 2.75) is 37.8 Å². The summed E-state index contributed by atoms with van der Waals surface area (Å²) in [6.45, 7) is 2.79. The number of aliphatic imine (C=N–C) groups is 1. The smallest absolute Gasteiger partial charge is 0.233 e. The van der Waals surface area contributed by atoms with Gasteiger partial charge < -0.3 is 15.0 Å². The normalized spacial score (nSPS) is 30.5. The van der Waals surface area contributed by atoms with Crippen molar-refractivity contribution in [3.63, 3.8) is 0 Å². The van der Waals surface area contributed by atoms with Crippen molar-refractivity contribution < 1.29 is 9.53 Å². The first kappa shape index (κ1) is 13.2. The van der Waals surface area contributed by atoms with Crippen LogP contribution in [0, 0.1) is 0 Å². The molecule has 1 saturated heterocycles. The van der Waals surface area contributed by atoms with Crippen molar-refractivity contribution in [3.8, 4) is 0 Å². The molecule has 19 heavy (non-hydrogen) atoms. The number of rotatable bonds is 2. The van der Waals surface area contributed by atoms with E-state index < -0.39 is 0 Å². The van der Waals surface area contributed by atoms with Gasteiger partial charge in [0.25, 0.3) is 0 Å². The number of morpholine rings is 1. The molecule has 0 bridgehead atoms. The summed E-state index contributed by atoms with van der Waals surface area (Å²) in [6.07, 6.45) is 5.00. The number of hydrogen-bond donors (Lipinski definition) is 1. The van der Waals surface area contributed by atoms with Crippen LogP contribution >= 0.6 is 11.8 Å². The number of carbonyl (C=O) groups excluding carboxylic acids is 1. The molecule has 0 aromatic rings. The Balaban J connectivity index is 1.45. The van der Waals surface area contributed by atoms with Gasteiger partial charge in [0.1, 0.15) is 0 Å². The third-order valence-electron chi connectivity index (χ3n) is 4.02. The summed E-state index contributed by atoms with van der Waals surface area (Å²) < 4.78 is 5.26. The molecule has 0 aromatic carbocycles. The van der Waals surface area contributed by atoms with E-state index in [1.54, 1.807) is 11.8 Å². The lowest BCUT2D eigenvalue weighted by Crippen LogP contribution is -2.42. The number of nitrogens with zero attached hydrogens (tertiary/aromatic N) is 2. The van der Waals surface area contributed by atoms with E-state index in [0.29, 0.717) is 31.1 Å². The zero-order valence-corrected chi connectivity index (χ0v) is 12.0. The van der Waals surface area contributed by atoms with Crippen LogP contribution in [0.4, 0.5) is 0 Å². The molecular formula is C13H21N3O2S. The van der Waals surface area contributed by atoms with Gasteiger partial charge in [-0.15, -0.1) is 0 Å². The van der Waals surface area contributed by atoms with E-state index >= 15 is 0 Å². The van der Waals surface area contributed by atoms with Crippen LogP contribution in [0.2, 0.25) is 0 Å². The summed E-state index contributed by atoms with van der Waals surface area (Å²) in [5.41, 5.74) is 0. The summed E-state index contributed by atoms with van der Waals surface area (Å²) in [6, 6.07) is 0.976. The maximum atomic E-state index is 12.0. The molecule has 0 unspecified atom stereocenters. The third-order valence-corrected chi connectivity index (χ3v) is 4.91. The molecule has 106 valence electrons. The highest BCUT2D eigenvalue weighted by Crippen LogP contribution is 2.27. The minimum Gasteiger partial charge on any atom is -0.378 e. The molecule has 0 spiro atoms. The Bertz CT molecular complexity index is 369. The molecule has 1 saturated carbocycles. The summed E-state index contributed by atoms with van der Waals surface area (Å²) in [7, 11) is 0. The van der Waals surface area contributed by atoms with Crippen LogP contribution in [0.15, 0.2) is 4.99 Å². The molecule has 3 rings (SSSR count). The van der Waals surface area contributed by atoms with Gasteiger partial charge >= 0.3 is 0 Å². The minimum absolute atomic E-state index is 0.202. The predicted molar refractivity (Wildman–Crippen MR) is 76.5 cm³/mol. The van der Waals surface area contributed by atoms with Crippen LogP contribution in [-0.4, -0.2) is 60.1 Å². The van der Waals surface area contributed by atoms with Crippen molar-refractivity contribution in [2.75, 3.05) is 32.1 Å². The van der Waals surface area contributed by atoms with Crippen molar-refractivity contribution in [2.24, 2.45) is 4.99 Å². The molecule has 1 N–H and O–H groups in total. The Labute approximate surface area is 118 Å². The van der Waals surface area contributed by atoms with E-state index in [2.05, 4.69) is 5.32 Å². The lowest BCUT2D eigenvalue weighted by atomic mass is 9.92. The lowest BCUT2D eigenvalue weighted by molar-refractivity contribution is -0.132. The fourth-order valence-electron chi connectivity index (χ4n) is 2.89. The first-order chi connectivity index (χ1) is 9.33. The van der Waals surface area contributed by atoms with E-state index in [1.807, 2.05) is 4.90 Å². The topological polar surface area (TPSA) is 53.9 Å². The van der Waals surface area contributed by atoms with Gasteiger partial charge in [0, 0.05) is 13.1 Å². The zero-order chi connectivity index (χ0) is 13.1. The monoisotopic (exact) mass is 283 g/mol. The summed E-state index contributed by atoms with van der Waals surface area (Å²) >= 11 is 1.56. The highest BCUT2D eigenvalue weighted by molar-refractivity contribution is 8.14. The van der Waals surface area contributed by atoms with Gasteiger partial charge in [0.15, 0.2) is 5.17 Å². The van der Waals surface area contributed by atoms with Crippen LogP contribution in [0.25, 0.3) is 0 Å². The van der Waals surface area contributed by atoms with Gasteiger partial charge in [-0.05, 0) is 12.8 Å². The Kier molecular flexibility index (Phi) is 4.28. The van der Waals surface area contributed by atoms with E-state index in [9.17, 15) is 4.79 Å². The van der Waals surface area contributed by atoms with Crippen LogP contribution < -0.4 is 5.32 Å². The number of ether oxygens (including phenoxy) is 1. The molecule has 1 amide bonds. The van der Waals surface area contributed by atoms with Crippen molar-refractivity contribution >= 4 is 22.8 Å². The molecule has 3 aliphatic rings. The average Bonchev–Trinajstić information content (AvgIpc) is 2.88. The van der Waals surface area contributed by atoms with Gasteiger partial charge in [0.2, 0.25) is 5.91 Å². The average molecular weight is 283 g/mol. The van der Waals surface area contributed by atoms with Crippen LogP contribution in [0.1, 0.15) is 25.7 Å². The molecule has 2 heterocycles. The highest BCUT2D eigenvalue weighted by atomic mass is 32.2. The summed E-state index contributed by atoms with van der Waals surface area (Å²) in [4.78, 5) is 18.6. The fourth-order valence-corrected chi connectivity index (χ4v) is 3.78. The lowest BCUT2D eigenvalue weighted by Gasteiger charge is -2.26. The molecular weight excluding hydrogens is 262 g/mol. The van der Waals surface area contributed by atoms with Crippen molar-refractivity contribution in [3.05, 3.63) is 0 Å². The van der Waals surface area contributed by atoms with E-state index in [-0.39, 0.29) is 5.91 Å². The Morgan fingerprint density at radius 2 is 2.16 bits per heavy atom. The second-order valence-corrected chi connectivity index (χ2v) is 6.28. The number of amides is 1. The van der Waals surface area contributed by atoms with Crippen LogP contribution in [-0.2, 0) is 9.53 Å². The molecule has 6 heteroatoms. The molecule has 0 radical (unpaired) electrons. The first-order valence-electron chi connectivity index (χ1n) is 7.15. The number of fused-ring (bicyclic) bond motifs is 1. The number of carbonyl (C=O) groups is 1. The molecule has 1 aliphatic carbocycles. The van der Waals surface area contributed by atoms with E-state index in [1.165, 1.54) is 25.7 Å². The van der Waals surface area contributed by atoms with Gasteiger partial charge in [-0.25, -0.2) is 0 Å². The standard InChI is InChI=1S/C13H21N3O2S/c17-12(16-5-7-18-8-6-16)9-19-13-14-10-3-1-2-4-11(10)15-13/h10-11H,1-9H2,(H,14,15)/t10-,11-/m0/s1. The van der Waals surface area contributed by atoms with Gasteiger partial charge in [-0.1, -0.05) is 24.6 Å². The minimum atomic E-state index is 0.202. The second-order valence-electron chi connectivity index (χ2n) is 5.32. The number of thioether (sulfide) groups is 1. The van der Waals surface area contributed by atoms with Gasteiger partial charge in [0.05, 0.1) is 31.1 Å². The maximum absolute atomic E-state index is 12.0. The fraction of sp³-hybridized carbons (Fsp3) is 0.846. The quantitative estimate of drug-likeness (QED) is 0.816. The molecule has 2 aliphatic heterocycles. The van der Waals surface area contributed by atoms with Crippen molar-refractivity contribution in [1.82, 2.24) is 10.2 Å². The number of nitrogens with one attached hydrogen (secondary N) is 1. The largest absolute Gasteiger partial charge is 0.378 e. The second kappa shape index (κ2) is 6.13. The first-order valence-corrected chi connectivity index (χ1v) is 8.14. The Morgan fingerprint density at radius 3 is 2.95 bits per heavy atom. The third kappa shape index (κ3) is 3.23. The summed E-state index contributed by atoms with van der Waals surface area (Å²) in [5.74, 6) is 0.693. The molecule has 2 atom stereocenters. The van der Waals surface area contributed by atoms with Gasteiger partial charge in [-0.2, -0.15) is 0 Å². The van der Waals surface area contributed by atoms with E-state index in [4.69, 9.17) is 9.73 Å². The van der Waals surface area contributed by atoms with E-state index in [0.717, 1.165) is 18.3 Å². The predicted octanol–water partition coefficient (Wildman–Crippen LogP) is 0.849. The SMILES string of the molecule is O=C(CSC1=N[C@H]2CCCC[C@@H]2N1)N1CCOCC1. The molecule has 5 nitrogen and oxygen atoms in total. The molecule has 2 fully saturated rings. The highest BCUT2D eigenvalue weighted by Gasteiger charge is 2.31. The Hall–Kier alpha value is -0.750. The Morgan fingerprint density at radius 1 is 1.37 bits per heavy atom. The van der Waals surface area contributed by atoms with Crippen LogP contribution in [0.5, 0.6) is 0 Å². The summed E-state index contributed by atoms with van der Waals surface area (Å²) in [5, 5.41) is 4.44. The zero-order valence-electron chi connectivity index (χ0n) is 11.1. The number of amidine groups is 1. The maximum Gasteiger partial charge on any atom is 0.233 e. The van der Waals surface area contributed by atoms with Crippen molar-refractivity contribution in [1.29, 1.82) is 0 Å². The number of hydrogen-bond acceptors (Lipinski definition) is 5.